The monoisotopic (exact) mass is 248 g/mol. The van der Waals surface area contributed by atoms with Crippen LogP contribution >= 0.6 is 0 Å². The van der Waals surface area contributed by atoms with Crippen LogP contribution in [0.1, 0.15) is 32.7 Å². The lowest BCUT2D eigenvalue weighted by atomic mass is 10.3. The molecular formula is C12H16N4O2. The lowest BCUT2D eigenvalue weighted by Crippen LogP contribution is -2.41. The third-order valence-electron chi connectivity index (χ3n) is 3.47. The van der Waals surface area contributed by atoms with Gasteiger partial charge in [-0.05, 0) is 26.7 Å². The number of aromatic nitrogens is 4. The molecule has 6 nitrogen and oxygen atoms in total. The first-order valence-electron chi connectivity index (χ1n) is 6.31. The van der Waals surface area contributed by atoms with E-state index in [4.69, 9.17) is 0 Å². The molecule has 3 heterocycles. The van der Waals surface area contributed by atoms with E-state index in [1.807, 2.05) is 18.4 Å². The van der Waals surface area contributed by atoms with Crippen LogP contribution in [0.15, 0.2) is 15.9 Å². The minimum atomic E-state index is -0.276. The average molecular weight is 248 g/mol. The van der Waals surface area contributed by atoms with Crippen molar-refractivity contribution in [3.8, 4) is 0 Å². The molecule has 0 bridgehead atoms. The predicted octanol–water partition coefficient (Wildman–Crippen LogP) is 0.734. The zero-order valence-corrected chi connectivity index (χ0v) is 10.6. The molecule has 6 heteroatoms. The summed E-state index contributed by atoms with van der Waals surface area (Å²) in [5.41, 5.74) is 0.595. The van der Waals surface area contributed by atoms with Gasteiger partial charge in [-0.2, -0.15) is 0 Å². The van der Waals surface area contributed by atoms with Gasteiger partial charge < -0.3 is 4.57 Å². The van der Waals surface area contributed by atoms with Crippen molar-refractivity contribution in [1.29, 1.82) is 0 Å². The average Bonchev–Trinajstić information content (AvgIpc) is 2.61. The zero-order chi connectivity index (χ0) is 12.9. The largest absolute Gasteiger partial charge is 0.332 e. The van der Waals surface area contributed by atoms with E-state index >= 15 is 0 Å². The fraction of sp³-hybridized carbons (Fsp3) is 0.583. The van der Waals surface area contributed by atoms with Gasteiger partial charge in [0.25, 0.3) is 5.56 Å². The highest BCUT2D eigenvalue weighted by Crippen LogP contribution is 2.14. The fourth-order valence-corrected chi connectivity index (χ4v) is 2.60. The third kappa shape index (κ3) is 1.38. The first kappa shape index (κ1) is 11.3. The SMILES string of the molecule is CC(C)n1c(=O)c2ncn3c2n(c1=O)CCCC3. The van der Waals surface area contributed by atoms with Crippen molar-refractivity contribution in [2.45, 2.75) is 45.8 Å². The number of hydrogen-bond donors (Lipinski definition) is 0. The Balaban J connectivity index is 2.52. The van der Waals surface area contributed by atoms with Crippen LogP contribution in [-0.2, 0) is 13.1 Å². The molecule has 0 N–H and O–H groups in total. The maximum Gasteiger partial charge on any atom is 0.332 e. The Hall–Kier alpha value is -1.85. The molecule has 1 aliphatic heterocycles. The molecular weight excluding hydrogens is 232 g/mol. The molecule has 0 fully saturated rings. The Morgan fingerprint density at radius 2 is 1.94 bits per heavy atom. The van der Waals surface area contributed by atoms with Crippen LogP contribution in [0.2, 0.25) is 0 Å². The first-order valence-corrected chi connectivity index (χ1v) is 6.31. The highest BCUT2D eigenvalue weighted by molar-refractivity contribution is 5.70. The second-order valence-electron chi connectivity index (χ2n) is 5.02. The van der Waals surface area contributed by atoms with Gasteiger partial charge in [0.15, 0.2) is 5.52 Å². The Morgan fingerprint density at radius 1 is 1.22 bits per heavy atom. The molecule has 2 aromatic heterocycles. The van der Waals surface area contributed by atoms with Crippen molar-refractivity contribution >= 4 is 11.2 Å². The molecule has 96 valence electrons. The number of hydrogen-bond acceptors (Lipinski definition) is 3. The number of aryl methyl sites for hydroxylation is 2. The van der Waals surface area contributed by atoms with E-state index in [0.717, 1.165) is 19.4 Å². The Bertz CT molecular complexity index is 720. The fourth-order valence-electron chi connectivity index (χ4n) is 2.60. The highest BCUT2D eigenvalue weighted by atomic mass is 16.2. The van der Waals surface area contributed by atoms with Crippen LogP contribution < -0.4 is 11.2 Å². The smallest absolute Gasteiger partial charge is 0.316 e. The van der Waals surface area contributed by atoms with Crippen LogP contribution in [0.3, 0.4) is 0 Å². The molecule has 0 radical (unpaired) electrons. The lowest BCUT2D eigenvalue weighted by molar-refractivity contribution is 0.506. The molecule has 0 aromatic carbocycles. The summed E-state index contributed by atoms with van der Waals surface area (Å²) in [4.78, 5) is 28.9. The van der Waals surface area contributed by atoms with E-state index in [1.165, 1.54) is 4.57 Å². The van der Waals surface area contributed by atoms with E-state index in [1.54, 1.807) is 10.9 Å². The van der Waals surface area contributed by atoms with Crippen molar-refractivity contribution in [2.24, 2.45) is 0 Å². The highest BCUT2D eigenvalue weighted by Gasteiger charge is 2.20. The van der Waals surface area contributed by atoms with Crippen molar-refractivity contribution in [1.82, 2.24) is 18.7 Å². The van der Waals surface area contributed by atoms with Crippen molar-refractivity contribution in [3.63, 3.8) is 0 Å². The maximum atomic E-state index is 12.4. The van der Waals surface area contributed by atoms with Crippen LogP contribution in [0.25, 0.3) is 11.2 Å². The summed E-state index contributed by atoms with van der Waals surface area (Å²) in [6.45, 7) is 5.17. The van der Waals surface area contributed by atoms with Crippen LogP contribution in [0, 0.1) is 0 Å². The van der Waals surface area contributed by atoms with Gasteiger partial charge in [0, 0.05) is 19.1 Å². The number of imidazole rings is 1. The Morgan fingerprint density at radius 3 is 2.67 bits per heavy atom. The summed E-state index contributed by atoms with van der Waals surface area (Å²) in [5, 5.41) is 0. The second-order valence-corrected chi connectivity index (χ2v) is 5.02. The molecule has 0 saturated carbocycles. The Kier molecular flexibility index (Phi) is 2.39. The molecule has 2 aromatic rings. The molecule has 0 unspecified atom stereocenters. The predicted molar refractivity (Wildman–Crippen MR) is 67.9 cm³/mol. The minimum absolute atomic E-state index is 0.147. The van der Waals surface area contributed by atoms with Crippen molar-refractivity contribution < 1.29 is 0 Å². The van der Waals surface area contributed by atoms with Crippen LogP contribution in [0.4, 0.5) is 0 Å². The van der Waals surface area contributed by atoms with Crippen LogP contribution in [0.5, 0.6) is 0 Å². The molecule has 0 atom stereocenters. The van der Waals surface area contributed by atoms with E-state index < -0.39 is 0 Å². The summed E-state index contributed by atoms with van der Waals surface area (Å²) in [5.74, 6) is 0. The topological polar surface area (TPSA) is 61.8 Å². The van der Waals surface area contributed by atoms with Crippen molar-refractivity contribution in [3.05, 3.63) is 27.2 Å². The summed E-state index contributed by atoms with van der Waals surface area (Å²) < 4.78 is 4.90. The third-order valence-corrected chi connectivity index (χ3v) is 3.47. The molecule has 0 saturated heterocycles. The number of rotatable bonds is 1. The summed E-state index contributed by atoms with van der Waals surface area (Å²) in [6, 6.07) is -0.147. The van der Waals surface area contributed by atoms with Gasteiger partial charge in [0.05, 0.1) is 6.33 Å². The molecule has 1 aliphatic rings. The summed E-state index contributed by atoms with van der Waals surface area (Å²) in [7, 11) is 0. The van der Waals surface area contributed by atoms with E-state index in [2.05, 4.69) is 4.98 Å². The van der Waals surface area contributed by atoms with Crippen LogP contribution in [-0.4, -0.2) is 18.7 Å². The molecule has 0 aliphatic carbocycles. The normalized spacial score (nSPS) is 15.3. The second kappa shape index (κ2) is 3.83. The first-order chi connectivity index (χ1) is 8.61. The molecule has 0 spiro atoms. The zero-order valence-electron chi connectivity index (χ0n) is 10.6. The van der Waals surface area contributed by atoms with Gasteiger partial charge in [-0.15, -0.1) is 0 Å². The Labute approximate surface area is 103 Å². The quantitative estimate of drug-likeness (QED) is 0.747. The van der Waals surface area contributed by atoms with Gasteiger partial charge in [-0.3, -0.25) is 13.9 Å². The van der Waals surface area contributed by atoms with Gasteiger partial charge in [0.1, 0.15) is 5.65 Å². The van der Waals surface area contributed by atoms with Crippen molar-refractivity contribution in [2.75, 3.05) is 0 Å². The van der Waals surface area contributed by atoms with Gasteiger partial charge in [0.2, 0.25) is 0 Å². The number of nitrogens with zero attached hydrogens (tertiary/aromatic N) is 4. The molecule has 0 amide bonds. The lowest BCUT2D eigenvalue weighted by Gasteiger charge is -2.13. The molecule has 18 heavy (non-hydrogen) atoms. The minimum Gasteiger partial charge on any atom is -0.316 e. The maximum absolute atomic E-state index is 12.4. The standard InChI is InChI=1S/C12H16N4O2/c1-8(2)16-11(17)9-10-14(7-13-9)5-3-4-6-15(10)12(16)18/h7-8H,3-6H2,1-2H3. The molecule has 3 rings (SSSR count). The van der Waals surface area contributed by atoms with E-state index in [-0.39, 0.29) is 17.3 Å². The summed E-state index contributed by atoms with van der Waals surface area (Å²) >= 11 is 0. The van der Waals surface area contributed by atoms with E-state index in [9.17, 15) is 9.59 Å². The van der Waals surface area contributed by atoms with Gasteiger partial charge in [-0.1, -0.05) is 0 Å². The van der Waals surface area contributed by atoms with Gasteiger partial charge in [-0.25, -0.2) is 9.78 Å². The van der Waals surface area contributed by atoms with Gasteiger partial charge >= 0.3 is 5.69 Å². The summed E-state index contributed by atoms with van der Waals surface area (Å²) in [6.07, 6.45) is 3.62. The van der Waals surface area contributed by atoms with E-state index in [0.29, 0.717) is 17.7 Å².